The number of carbonyl (C=O) groups is 2. The molecule has 5 rings (SSSR count). The fourth-order valence-corrected chi connectivity index (χ4v) is 4.50. The molecular formula is C21H20N4O2. The molecule has 0 bridgehead atoms. The topological polar surface area (TPSA) is 85.3 Å². The molecule has 6 nitrogen and oxygen atoms in total. The highest BCUT2D eigenvalue weighted by Crippen LogP contribution is 2.36. The van der Waals surface area contributed by atoms with Gasteiger partial charge < -0.3 is 10.6 Å². The highest BCUT2D eigenvalue weighted by molar-refractivity contribution is 6.26. The first-order valence-corrected chi connectivity index (χ1v) is 9.25. The Kier molecular flexibility index (Phi) is 3.70. The second kappa shape index (κ2) is 6.11. The number of hydrogen-bond acceptors (Lipinski definition) is 5. The first-order chi connectivity index (χ1) is 13.2. The van der Waals surface area contributed by atoms with Gasteiger partial charge in [0.25, 0.3) is 11.8 Å². The molecule has 3 N–H and O–H groups in total. The van der Waals surface area contributed by atoms with Gasteiger partial charge in [-0.2, -0.15) is 0 Å². The van der Waals surface area contributed by atoms with Gasteiger partial charge in [0.1, 0.15) is 0 Å². The van der Waals surface area contributed by atoms with E-state index >= 15 is 0 Å². The van der Waals surface area contributed by atoms with E-state index in [1.165, 1.54) is 16.7 Å². The van der Waals surface area contributed by atoms with Gasteiger partial charge in [-0.25, -0.2) is 4.90 Å². The van der Waals surface area contributed by atoms with Gasteiger partial charge in [0.05, 0.1) is 18.4 Å². The molecule has 136 valence electrons. The maximum absolute atomic E-state index is 12.4. The quantitative estimate of drug-likeness (QED) is 0.393. The van der Waals surface area contributed by atoms with Gasteiger partial charge in [0.15, 0.2) is 0 Å². The van der Waals surface area contributed by atoms with Crippen LogP contribution >= 0.6 is 0 Å². The first kappa shape index (κ1) is 16.4. The van der Waals surface area contributed by atoms with E-state index in [0.29, 0.717) is 17.6 Å². The zero-order chi connectivity index (χ0) is 18.5. The van der Waals surface area contributed by atoms with Crippen LogP contribution < -0.4 is 10.6 Å². The van der Waals surface area contributed by atoms with Crippen molar-refractivity contribution in [2.24, 2.45) is 0 Å². The molecule has 0 aromatic heterocycles. The summed E-state index contributed by atoms with van der Waals surface area (Å²) in [6.45, 7) is 1.62. The van der Waals surface area contributed by atoms with Crippen molar-refractivity contribution in [2.75, 3.05) is 13.1 Å². The Labute approximate surface area is 157 Å². The molecule has 6 heteroatoms. The third kappa shape index (κ3) is 2.44. The highest BCUT2D eigenvalue weighted by atomic mass is 16.2. The zero-order valence-corrected chi connectivity index (χ0v) is 14.8. The summed E-state index contributed by atoms with van der Waals surface area (Å²) in [5.74, 6) is -0.729. The second-order valence-electron chi connectivity index (χ2n) is 7.32. The standard InChI is InChI=1S/C21H20N4O2/c22-11-25-20(26)16-6-5-13(9-17(16)21(25)27)15-8-14-4-3-12-2-1-7-23-18(12)19(14)24-10-15/h1-4,8-9,11,18-19,22-24H,5-7,10H2. The lowest BCUT2D eigenvalue weighted by molar-refractivity contribution is -0.132. The Morgan fingerprint density at radius 3 is 2.67 bits per heavy atom. The first-order valence-electron chi connectivity index (χ1n) is 9.25. The molecule has 2 amide bonds. The highest BCUT2D eigenvalue weighted by Gasteiger charge is 2.38. The van der Waals surface area contributed by atoms with Gasteiger partial charge in [-0.1, -0.05) is 30.4 Å². The maximum atomic E-state index is 12.4. The van der Waals surface area contributed by atoms with Crippen LogP contribution in [0.3, 0.4) is 0 Å². The Hall–Kier alpha value is -2.83. The molecule has 0 aromatic carbocycles. The Balaban J connectivity index is 1.47. The van der Waals surface area contributed by atoms with Crippen molar-refractivity contribution in [3.8, 4) is 0 Å². The van der Waals surface area contributed by atoms with Crippen LogP contribution in [0.1, 0.15) is 12.8 Å². The minimum absolute atomic E-state index is 0.251. The van der Waals surface area contributed by atoms with Crippen molar-refractivity contribution in [3.63, 3.8) is 0 Å². The lowest BCUT2D eigenvalue weighted by Crippen LogP contribution is -2.53. The minimum atomic E-state index is -0.382. The largest absolute Gasteiger partial charge is 0.305 e. The number of imide groups is 1. The van der Waals surface area contributed by atoms with Crippen molar-refractivity contribution in [1.82, 2.24) is 15.5 Å². The van der Waals surface area contributed by atoms with E-state index in [4.69, 9.17) is 5.41 Å². The lowest BCUT2D eigenvalue weighted by atomic mass is 9.81. The van der Waals surface area contributed by atoms with E-state index in [9.17, 15) is 9.59 Å². The van der Waals surface area contributed by atoms with E-state index in [1.54, 1.807) is 0 Å². The molecule has 0 saturated heterocycles. The normalized spacial score (nSPS) is 29.4. The van der Waals surface area contributed by atoms with Crippen LogP contribution in [0.5, 0.6) is 0 Å². The maximum Gasteiger partial charge on any atom is 0.266 e. The van der Waals surface area contributed by atoms with Crippen LogP contribution in [0, 0.1) is 5.41 Å². The van der Waals surface area contributed by atoms with Crippen LogP contribution in [0.15, 0.2) is 69.9 Å². The summed E-state index contributed by atoms with van der Waals surface area (Å²) in [5, 5.41) is 14.5. The van der Waals surface area contributed by atoms with Gasteiger partial charge in [-0.15, -0.1) is 0 Å². The number of amides is 2. The summed E-state index contributed by atoms with van der Waals surface area (Å²) in [7, 11) is 0. The molecule has 0 aromatic rings. The van der Waals surface area contributed by atoms with Crippen LogP contribution in [-0.2, 0) is 9.59 Å². The van der Waals surface area contributed by atoms with Gasteiger partial charge in [-0.05, 0) is 41.2 Å². The van der Waals surface area contributed by atoms with E-state index < -0.39 is 0 Å². The molecule has 0 saturated carbocycles. The van der Waals surface area contributed by atoms with Gasteiger partial charge in [0, 0.05) is 24.2 Å². The average molecular weight is 360 g/mol. The number of rotatable bonds is 2. The number of carbonyl (C=O) groups excluding carboxylic acids is 2. The SMILES string of the molecule is N=CN1C(=O)C2=C(CCC(C3=CC4=CC=C5C=CCNC5C4NC3)=C2)C1=O. The van der Waals surface area contributed by atoms with Crippen molar-refractivity contribution in [1.29, 1.82) is 5.41 Å². The zero-order valence-electron chi connectivity index (χ0n) is 14.8. The molecule has 0 fully saturated rings. The summed E-state index contributed by atoms with van der Waals surface area (Å²) in [6, 6.07) is 0.540. The van der Waals surface area contributed by atoms with E-state index in [0.717, 1.165) is 36.3 Å². The molecule has 2 atom stereocenters. The van der Waals surface area contributed by atoms with Gasteiger partial charge in [0.2, 0.25) is 0 Å². The Bertz CT molecular complexity index is 961. The molecule has 2 aliphatic carbocycles. The molecule has 0 spiro atoms. The fraction of sp³-hybridized carbons (Fsp3) is 0.286. The van der Waals surface area contributed by atoms with Crippen molar-refractivity contribution < 1.29 is 9.59 Å². The van der Waals surface area contributed by atoms with Gasteiger partial charge in [-0.3, -0.25) is 15.0 Å². The van der Waals surface area contributed by atoms with E-state index in [2.05, 4.69) is 41.0 Å². The minimum Gasteiger partial charge on any atom is -0.305 e. The summed E-state index contributed by atoms with van der Waals surface area (Å²) in [6.07, 6.45) is 14.8. The number of nitrogens with one attached hydrogen (secondary N) is 3. The van der Waals surface area contributed by atoms with Gasteiger partial charge >= 0.3 is 0 Å². The molecule has 0 radical (unpaired) electrons. The monoisotopic (exact) mass is 360 g/mol. The number of nitrogens with zero attached hydrogens (tertiary/aromatic N) is 1. The summed E-state index contributed by atoms with van der Waals surface area (Å²) < 4.78 is 0. The summed E-state index contributed by atoms with van der Waals surface area (Å²) in [4.78, 5) is 25.5. The Morgan fingerprint density at radius 2 is 1.81 bits per heavy atom. The molecule has 5 aliphatic rings. The molecule has 2 unspecified atom stereocenters. The van der Waals surface area contributed by atoms with Crippen molar-refractivity contribution in [2.45, 2.75) is 24.9 Å². The van der Waals surface area contributed by atoms with E-state index in [1.807, 2.05) is 6.08 Å². The Morgan fingerprint density at radius 1 is 1.00 bits per heavy atom. The number of hydrogen-bond donors (Lipinski definition) is 3. The van der Waals surface area contributed by atoms with Crippen molar-refractivity contribution in [3.05, 3.63) is 69.9 Å². The molecule has 3 aliphatic heterocycles. The second-order valence-corrected chi connectivity index (χ2v) is 7.32. The fourth-order valence-electron chi connectivity index (χ4n) is 4.50. The molecule has 3 heterocycles. The number of fused-ring (bicyclic) bond motifs is 3. The van der Waals surface area contributed by atoms with E-state index in [-0.39, 0.29) is 23.9 Å². The molecule has 27 heavy (non-hydrogen) atoms. The lowest BCUT2D eigenvalue weighted by Gasteiger charge is -2.38. The van der Waals surface area contributed by atoms with Crippen molar-refractivity contribution >= 4 is 18.2 Å². The average Bonchev–Trinajstić information content (AvgIpc) is 2.96. The predicted octanol–water partition coefficient (Wildman–Crippen LogP) is 1.27. The number of allylic oxidation sites excluding steroid dienone is 2. The third-order valence-corrected chi connectivity index (χ3v) is 5.89. The van der Waals surface area contributed by atoms with Crippen LogP contribution in [0.2, 0.25) is 0 Å². The smallest absolute Gasteiger partial charge is 0.266 e. The summed E-state index contributed by atoms with van der Waals surface area (Å²) in [5.41, 5.74) is 5.79. The van der Waals surface area contributed by atoms with Crippen LogP contribution in [-0.4, -0.2) is 48.2 Å². The van der Waals surface area contributed by atoms with Crippen LogP contribution in [0.25, 0.3) is 0 Å². The molecular weight excluding hydrogens is 340 g/mol. The third-order valence-electron chi connectivity index (χ3n) is 5.89. The van der Waals surface area contributed by atoms with Crippen LogP contribution in [0.4, 0.5) is 0 Å². The predicted molar refractivity (Wildman–Crippen MR) is 102 cm³/mol. The summed E-state index contributed by atoms with van der Waals surface area (Å²) >= 11 is 0.